The van der Waals surface area contributed by atoms with E-state index < -0.39 is 29.2 Å². The molecule has 0 radical (unpaired) electrons. The zero-order valence-corrected chi connectivity index (χ0v) is 13.3. The van der Waals surface area contributed by atoms with E-state index in [0.29, 0.717) is 0 Å². The molecule has 0 aliphatic heterocycles. The minimum Gasteiger partial charge on any atom is -0.465 e. The fourth-order valence-electron chi connectivity index (χ4n) is 1.94. The highest BCUT2D eigenvalue weighted by Gasteiger charge is 2.38. The lowest BCUT2D eigenvalue weighted by molar-refractivity contribution is -0.152. The standard InChI is InChI=1S/C16H23F2NO3/c1-5-22-15(21)16(4,10(2)3)19-9-14(20)11-6-7-12(17)13(18)8-11/h6-8,10,14,19-20H,5,9H2,1-4H3. The number of carbonyl (C=O) groups is 1. The summed E-state index contributed by atoms with van der Waals surface area (Å²) in [5.41, 5.74) is -0.739. The van der Waals surface area contributed by atoms with Crippen molar-refractivity contribution in [3.8, 4) is 0 Å². The molecule has 0 saturated heterocycles. The van der Waals surface area contributed by atoms with Gasteiger partial charge in [0, 0.05) is 6.54 Å². The molecule has 2 unspecified atom stereocenters. The first-order valence-corrected chi connectivity index (χ1v) is 7.27. The highest BCUT2D eigenvalue weighted by Crippen LogP contribution is 2.21. The van der Waals surface area contributed by atoms with E-state index in [-0.39, 0.29) is 24.6 Å². The lowest BCUT2D eigenvalue weighted by Gasteiger charge is -2.33. The predicted octanol–water partition coefficient (Wildman–Crippen LogP) is 2.57. The number of benzene rings is 1. The first-order chi connectivity index (χ1) is 10.2. The van der Waals surface area contributed by atoms with Gasteiger partial charge < -0.3 is 9.84 Å². The lowest BCUT2D eigenvalue weighted by Crippen LogP contribution is -2.55. The van der Waals surface area contributed by atoms with Gasteiger partial charge in [-0.05, 0) is 37.5 Å². The maximum absolute atomic E-state index is 13.2. The van der Waals surface area contributed by atoms with E-state index in [2.05, 4.69) is 5.32 Å². The smallest absolute Gasteiger partial charge is 0.326 e. The van der Waals surface area contributed by atoms with Gasteiger partial charge in [-0.25, -0.2) is 8.78 Å². The second-order valence-corrected chi connectivity index (χ2v) is 5.65. The Hall–Kier alpha value is -1.53. The van der Waals surface area contributed by atoms with Crippen LogP contribution in [0.2, 0.25) is 0 Å². The van der Waals surface area contributed by atoms with Crippen LogP contribution >= 0.6 is 0 Å². The Morgan fingerprint density at radius 2 is 2.00 bits per heavy atom. The zero-order valence-electron chi connectivity index (χ0n) is 13.3. The molecule has 2 atom stereocenters. The van der Waals surface area contributed by atoms with Gasteiger partial charge in [-0.2, -0.15) is 0 Å². The average Bonchev–Trinajstić information content (AvgIpc) is 2.47. The summed E-state index contributed by atoms with van der Waals surface area (Å²) in [7, 11) is 0. The molecule has 0 aliphatic rings. The average molecular weight is 315 g/mol. The zero-order chi connectivity index (χ0) is 16.9. The van der Waals surface area contributed by atoms with Crippen LogP contribution in [-0.4, -0.2) is 29.8 Å². The van der Waals surface area contributed by atoms with Gasteiger partial charge in [0.15, 0.2) is 11.6 Å². The summed E-state index contributed by atoms with van der Waals surface area (Å²) in [5.74, 6) is -2.48. The fourth-order valence-corrected chi connectivity index (χ4v) is 1.94. The summed E-state index contributed by atoms with van der Waals surface area (Å²) in [6.07, 6.45) is -1.07. The summed E-state index contributed by atoms with van der Waals surface area (Å²) >= 11 is 0. The molecule has 0 spiro atoms. The van der Waals surface area contributed by atoms with Crippen LogP contribution in [-0.2, 0) is 9.53 Å². The fraction of sp³-hybridized carbons (Fsp3) is 0.562. The molecule has 1 aromatic rings. The number of esters is 1. The molecule has 0 fully saturated rings. The number of aliphatic hydroxyl groups is 1. The number of halogens is 2. The topological polar surface area (TPSA) is 58.6 Å². The van der Waals surface area contributed by atoms with Gasteiger partial charge in [0.2, 0.25) is 0 Å². The summed E-state index contributed by atoms with van der Waals surface area (Å²) in [6.45, 7) is 7.39. The molecule has 4 nitrogen and oxygen atoms in total. The minimum atomic E-state index is -1.07. The Morgan fingerprint density at radius 3 is 2.50 bits per heavy atom. The van der Waals surface area contributed by atoms with Crippen LogP contribution in [0.5, 0.6) is 0 Å². The molecular formula is C16H23F2NO3. The van der Waals surface area contributed by atoms with Crippen molar-refractivity contribution in [2.75, 3.05) is 13.2 Å². The molecule has 0 aliphatic carbocycles. The van der Waals surface area contributed by atoms with Crippen molar-refractivity contribution < 1.29 is 23.4 Å². The molecule has 22 heavy (non-hydrogen) atoms. The Bertz CT molecular complexity index is 522. The number of nitrogens with one attached hydrogen (secondary N) is 1. The highest BCUT2D eigenvalue weighted by molar-refractivity contribution is 5.80. The molecule has 0 heterocycles. The molecule has 124 valence electrons. The monoisotopic (exact) mass is 315 g/mol. The number of β-amino-alcohol motifs (C(OH)–C–C–N with tert-alkyl or cyclic N) is 1. The van der Waals surface area contributed by atoms with Gasteiger partial charge in [0.05, 0.1) is 12.7 Å². The molecule has 0 aromatic heterocycles. The number of hydrogen-bond acceptors (Lipinski definition) is 4. The third-order valence-electron chi connectivity index (χ3n) is 3.85. The first-order valence-electron chi connectivity index (χ1n) is 7.27. The van der Waals surface area contributed by atoms with E-state index in [1.54, 1.807) is 13.8 Å². The van der Waals surface area contributed by atoms with Crippen LogP contribution in [0, 0.1) is 17.6 Å². The van der Waals surface area contributed by atoms with Crippen molar-refractivity contribution in [1.29, 1.82) is 0 Å². The maximum atomic E-state index is 13.2. The second-order valence-electron chi connectivity index (χ2n) is 5.65. The number of ether oxygens (including phenoxy) is 1. The van der Waals surface area contributed by atoms with E-state index in [9.17, 15) is 18.7 Å². The maximum Gasteiger partial charge on any atom is 0.326 e. The Kier molecular flexibility index (Phi) is 6.44. The van der Waals surface area contributed by atoms with Crippen LogP contribution in [0.25, 0.3) is 0 Å². The summed E-state index contributed by atoms with van der Waals surface area (Å²) in [6, 6.07) is 3.21. The van der Waals surface area contributed by atoms with Crippen molar-refractivity contribution in [2.24, 2.45) is 5.92 Å². The van der Waals surface area contributed by atoms with E-state index in [1.165, 1.54) is 6.07 Å². The molecule has 1 aromatic carbocycles. The third-order valence-corrected chi connectivity index (χ3v) is 3.85. The first kappa shape index (κ1) is 18.5. The quantitative estimate of drug-likeness (QED) is 0.759. The summed E-state index contributed by atoms with van der Waals surface area (Å²) in [4.78, 5) is 12.1. The van der Waals surface area contributed by atoms with Crippen LogP contribution < -0.4 is 5.32 Å². The highest BCUT2D eigenvalue weighted by atomic mass is 19.2. The van der Waals surface area contributed by atoms with Crippen molar-refractivity contribution in [3.05, 3.63) is 35.4 Å². The van der Waals surface area contributed by atoms with Gasteiger partial charge in [-0.1, -0.05) is 19.9 Å². The summed E-state index contributed by atoms with van der Waals surface area (Å²) in [5, 5.41) is 13.1. The molecule has 2 N–H and O–H groups in total. The van der Waals surface area contributed by atoms with E-state index >= 15 is 0 Å². The number of carbonyl (C=O) groups excluding carboxylic acids is 1. The van der Waals surface area contributed by atoms with Gasteiger partial charge in [0.1, 0.15) is 5.54 Å². The van der Waals surface area contributed by atoms with Gasteiger partial charge >= 0.3 is 5.97 Å². The van der Waals surface area contributed by atoms with E-state index in [1.807, 2.05) is 13.8 Å². The van der Waals surface area contributed by atoms with Gasteiger partial charge in [-0.15, -0.1) is 0 Å². The third kappa shape index (κ3) is 4.24. The van der Waals surface area contributed by atoms with Crippen LogP contribution in [0.3, 0.4) is 0 Å². The molecule has 0 saturated carbocycles. The SMILES string of the molecule is CCOC(=O)C(C)(NCC(O)c1ccc(F)c(F)c1)C(C)C. The van der Waals surface area contributed by atoms with Crippen molar-refractivity contribution in [1.82, 2.24) is 5.32 Å². The van der Waals surface area contributed by atoms with Crippen molar-refractivity contribution >= 4 is 5.97 Å². The van der Waals surface area contributed by atoms with Crippen molar-refractivity contribution in [2.45, 2.75) is 39.3 Å². The van der Waals surface area contributed by atoms with Crippen LogP contribution in [0.15, 0.2) is 18.2 Å². The largest absolute Gasteiger partial charge is 0.465 e. The number of rotatable bonds is 7. The van der Waals surface area contributed by atoms with E-state index in [0.717, 1.165) is 12.1 Å². The Balaban J connectivity index is 2.80. The Morgan fingerprint density at radius 1 is 1.36 bits per heavy atom. The molecule has 1 rings (SSSR count). The minimum absolute atomic E-state index is 0.0125. The summed E-state index contributed by atoms with van der Waals surface area (Å²) < 4.78 is 31.1. The molecule has 0 bridgehead atoms. The molecular weight excluding hydrogens is 292 g/mol. The van der Waals surface area contributed by atoms with Crippen LogP contribution in [0.4, 0.5) is 8.78 Å². The number of aliphatic hydroxyl groups excluding tert-OH is 1. The number of hydrogen-bond donors (Lipinski definition) is 2. The Labute approximate surface area is 129 Å². The second kappa shape index (κ2) is 7.65. The van der Waals surface area contributed by atoms with Crippen molar-refractivity contribution in [3.63, 3.8) is 0 Å². The molecule has 6 heteroatoms. The van der Waals surface area contributed by atoms with E-state index in [4.69, 9.17) is 4.74 Å². The molecule has 0 amide bonds. The predicted molar refractivity (Wildman–Crippen MR) is 79.2 cm³/mol. The van der Waals surface area contributed by atoms with Crippen LogP contribution in [0.1, 0.15) is 39.4 Å². The lowest BCUT2D eigenvalue weighted by atomic mass is 9.88. The van der Waals surface area contributed by atoms with Gasteiger partial charge in [-0.3, -0.25) is 10.1 Å². The normalized spacial score (nSPS) is 15.5. The van der Waals surface area contributed by atoms with Gasteiger partial charge in [0.25, 0.3) is 0 Å².